The zero-order valence-electron chi connectivity index (χ0n) is 11.8. The Kier molecular flexibility index (Phi) is 5.23. The number of methoxy groups -OCH3 is 1. The fourth-order valence-electron chi connectivity index (χ4n) is 2.69. The van der Waals surface area contributed by atoms with E-state index in [1.807, 2.05) is 31.2 Å². The van der Waals surface area contributed by atoms with Crippen molar-refractivity contribution >= 4 is 0 Å². The van der Waals surface area contributed by atoms with Gasteiger partial charge in [0.1, 0.15) is 11.9 Å². The summed E-state index contributed by atoms with van der Waals surface area (Å²) in [5.74, 6) is 0.818. The molecule has 19 heavy (non-hydrogen) atoms. The third kappa shape index (κ3) is 3.71. The van der Waals surface area contributed by atoms with Crippen LogP contribution < -0.4 is 4.74 Å². The van der Waals surface area contributed by atoms with E-state index < -0.39 is 6.10 Å². The van der Waals surface area contributed by atoms with Crippen molar-refractivity contribution in [1.82, 2.24) is 0 Å². The van der Waals surface area contributed by atoms with Crippen LogP contribution in [0.15, 0.2) is 24.3 Å². The normalized spacial score (nSPS) is 25.0. The highest BCUT2D eigenvalue weighted by Gasteiger charge is 2.24. The molecule has 3 unspecified atom stereocenters. The van der Waals surface area contributed by atoms with E-state index in [1.54, 1.807) is 7.11 Å². The van der Waals surface area contributed by atoms with E-state index in [0.29, 0.717) is 12.5 Å². The zero-order valence-corrected chi connectivity index (χ0v) is 11.8. The first-order chi connectivity index (χ1) is 9.24. The Bertz CT molecular complexity index is 391. The topological polar surface area (TPSA) is 38.7 Å². The average molecular weight is 264 g/mol. The molecule has 0 radical (unpaired) electrons. The van der Waals surface area contributed by atoms with Gasteiger partial charge in [0.2, 0.25) is 0 Å². The molecule has 0 heterocycles. The van der Waals surface area contributed by atoms with Gasteiger partial charge in [-0.05, 0) is 31.7 Å². The van der Waals surface area contributed by atoms with Gasteiger partial charge in [0, 0.05) is 19.1 Å². The molecule has 0 amide bonds. The standard InChI is InChI=1S/C16H24O3/c1-3-15(17)14-9-4-5-10-16(14)19-13-8-6-7-12(11-13)18-2/h4-5,9-10,12-13,15,17H,3,6-8,11H2,1-2H3. The highest BCUT2D eigenvalue weighted by atomic mass is 16.5. The lowest BCUT2D eigenvalue weighted by Gasteiger charge is -2.29. The van der Waals surface area contributed by atoms with E-state index in [-0.39, 0.29) is 6.10 Å². The van der Waals surface area contributed by atoms with Crippen LogP contribution in [0.4, 0.5) is 0 Å². The van der Waals surface area contributed by atoms with Gasteiger partial charge in [-0.2, -0.15) is 0 Å². The molecule has 1 aromatic carbocycles. The summed E-state index contributed by atoms with van der Waals surface area (Å²) in [7, 11) is 1.77. The van der Waals surface area contributed by atoms with Crippen LogP contribution in [0.1, 0.15) is 50.7 Å². The summed E-state index contributed by atoms with van der Waals surface area (Å²) >= 11 is 0. The lowest BCUT2D eigenvalue weighted by molar-refractivity contribution is 0.0198. The Balaban J connectivity index is 2.06. The summed E-state index contributed by atoms with van der Waals surface area (Å²) in [4.78, 5) is 0. The van der Waals surface area contributed by atoms with Gasteiger partial charge in [-0.3, -0.25) is 0 Å². The maximum absolute atomic E-state index is 10.0. The SMILES string of the molecule is CCC(O)c1ccccc1OC1CCCC(OC)C1. The number of aliphatic hydroxyl groups is 1. The fourth-order valence-corrected chi connectivity index (χ4v) is 2.69. The smallest absolute Gasteiger partial charge is 0.125 e. The minimum atomic E-state index is -0.446. The van der Waals surface area contributed by atoms with Gasteiger partial charge in [0.25, 0.3) is 0 Å². The van der Waals surface area contributed by atoms with Crippen molar-refractivity contribution in [3.8, 4) is 5.75 Å². The Hall–Kier alpha value is -1.06. The Morgan fingerprint density at radius 1 is 1.26 bits per heavy atom. The van der Waals surface area contributed by atoms with Gasteiger partial charge < -0.3 is 14.6 Å². The Morgan fingerprint density at radius 3 is 2.74 bits per heavy atom. The van der Waals surface area contributed by atoms with E-state index in [0.717, 1.165) is 37.0 Å². The molecular formula is C16H24O3. The molecule has 106 valence electrons. The third-order valence-electron chi connectivity index (χ3n) is 3.87. The second kappa shape index (κ2) is 6.92. The molecule has 3 atom stereocenters. The van der Waals surface area contributed by atoms with Crippen molar-refractivity contribution in [3.63, 3.8) is 0 Å². The second-order valence-corrected chi connectivity index (χ2v) is 5.23. The summed E-state index contributed by atoms with van der Waals surface area (Å²) in [6.45, 7) is 1.98. The second-order valence-electron chi connectivity index (χ2n) is 5.23. The van der Waals surface area contributed by atoms with Crippen LogP contribution >= 0.6 is 0 Å². The molecule has 0 aromatic heterocycles. The fraction of sp³-hybridized carbons (Fsp3) is 0.625. The lowest BCUT2D eigenvalue weighted by Crippen LogP contribution is -2.29. The van der Waals surface area contributed by atoms with Crippen molar-refractivity contribution in [2.24, 2.45) is 0 Å². The van der Waals surface area contributed by atoms with E-state index in [9.17, 15) is 5.11 Å². The molecule has 0 spiro atoms. The number of benzene rings is 1. The van der Waals surface area contributed by atoms with Crippen LogP contribution in [0.3, 0.4) is 0 Å². The summed E-state index contributed by atoms with van der Waals surface area (Å²) < 4.78 is 11.5. The molecule has 1 aliphatic rings. The van der Waals surface area contributed by atoms with Gasteiger partial charge >= 0.3 is 0 Å². The van der Waals surface area contributed by atoms with Crippen LogP contribution in [-0.2, 0) is 4.74 Å². The molecule has 1 N–H and O–H groups in total. The van der Waals surface area contributed by atoms with Crippen LogP contribution in [0.2, 0.25) is 0 Å². The zero-order chi connectivity index (χ0) is 13.7. The maximum Gasteiger partial charge on any atom is 0.125 e. The first-order valence-corrected chi connectivity index (χ1v) is 7.21. The Morgan fingerprint density at radius 2 is 2.00 bits per heavy atom. The van der Waals surface area contributed by atoms with Crippen LogP contribution in [0.25, 0.3) is 0 Å². The minimum absolute atomic E-state index is 0.198. The van der Waals surface area contributed by atoms with Gasteiger partial charge in [-0.25, -0.2) is 0 Å². The number of hydrogen-bond acceptors (Lipinski definition) is 3. The summed E-state index contributed by atoms with van der Waals surface area (Å²) in [5.41, 5.74) is 0.893. The molecule has 3 heteroatoms. The third-order valence-corrected chi connectivity index (χ3v) is 3.87. The molecule has 0 aliphatic heterocycles. The van der Waals surface area contributed by atoms with Crippen molar-refractivity contribution in [2.45, 2.75) is 57.3 Å². The van der Waals surface area contributed by atoms with Crippen LogP contribution in [0.5, 0.6) is 5.75 Å². The van der Waals surface area contributed by atoms with E-state index in [1.165, 1.54) is 0 Å². The lowest BCUT2D eigenvalue weighted by atomic mass is 9.94. The average Bonchev–Trinajstić information content (AvgIpc) is 2.47. The Labute approximate surface area is 115 Å². The number of hydrogen-bond donors (Lipinski definition) is 1. The van der Waals surface area contributed by atoms with Crippen molar-refractivity contribution in [1.29, 1.82) is 0 Å². The number of para-hydroxylation sites is 1. The predicted octanol–water partition coefficient (Wildman–Crippen LogP) is 3.47. The molecule has 1 fully saturated rings. The van der Waals surface area contributed by atoms with E-state index in [4.69, 9.17) is 9.47 Å². The summed E-state index contributed by atoms with van der Waals surface area (Å²) in [6, 6.07) is 7.79. The minimum Gasteiger partial charge on any atom is -0.490 e. The summed E-state index contributed by atoms with van der Waals surface area (Å²) in [5, 5.41) is 10.0. The van der Waals surface area contributed by atoms with Gasteiger partial charge in [-0.1, -0.05) is 25.1 Å². The van der Waals surface area contributed by atoms with Crippen molar-refractivity contribution < 1.29 is 14.6 Å². The first kappa shape index (κ1) is 14.4. The van der Waals surface area contributed by atoms with Crippen LogP contribution in [-0.4, -0.2) is 24.4 Å². The summed E-state index contributed by atoms with van der Waals surface area (Å²) in [6.07, 6.45) is 5.02. The quantitative estimate of drug-likeness (QED) is 0.885. The number of ether oxygens (including phenoxy) is 2. The molecule has 0 bridgehead atoms. The molecule has 1 saturated carbocycles. The molecule has 1 aromatic rings. The first-order valence-electron chi connectivity index (χ1n) is 7.21. The highest BCUT2D eigenvalue weighted by Crippen LogP contribution is 2.31. The molecule has 0 saturated heterocycles. The molecule has 3 nitrogen and oxygen atoms in total. The van der Waals surface area contributed by atoms with E-state index in [2.05, 4.69) is 0 Å². The number of aliphatic hydroxyl groups excluding tert-OH is 1. The van der Waals surface area contributed by atoms with Gasteiger partial charge in [0.05, 0.1) is 12.2 Å². The van der Waals surface area contributed by atoms with Crippen molar-refractivity contribution in [3.05, 3.63) is 29.8 Å². The van der Waals surface area contributed by atoms with Gasteiger partial charge in [-0.15, -0.1) is 0 Å². The molecular weight excluding hydrogens is 240 g/mol. The highest BCUT2D eigenvalue weighted by molar-refractivity contribution is 5.35. The van der Waals surface area contributed by atoms with Crippen LogP contribution in [0, 0.1) is 0 Å². The monoisotopic (exact) mass is 264 g/mol. The van der Waals surface area contributed by atoms with Crippen molar-refractivity contribution in [2.75, 3.05) is 7.11 Å². The molecule has 1 aliphatic carbocycles. The number of rotatable bonds is 5. The molecule has 2 rings (SSSR count). The predicted molar refractivity (Wildman–Crippen MR) is 75.4 cm³/mol. The van der Waals surface area contributed by atoms with Gasteiger partial charge in [0.15, 0.2) is 0 Å². The maximum atomic E-state index is 10.0. The largest absolute Gasteiger partial charge is 0.490 e. The van der Waals surface area contributed by atoms with E-state index >= 15 is 0 Å².